The maximum absolute atomic E-state index is 14.5. The molecule has 4 aliphatic heterocycles. The van der Waals surface area contributed by atoms with Gasteiger partial charge in [0.2, 0.25) is 5.88 Å². The zero-order valence-electron chi connectivity index (χ0n) is 59.1. The van der Waals surface area contributed by atoms with Crippen LogP contribution in [0.4, 0.5) is 5.69 Å². The Kier molecular flexibility index (Phi) is 23.5. The number of amides is 1. The number of nitrogens with one attached hydrogen (secondary N) is 1. The fraction of sp³-hybridized carbons (Fsp3) is 0.430. The number of halogens is 1. The highest BCUT2D eigenvalue weighted by molar-refractivity contribution is 9.10. The molecular formula is C79H95BrN6O14. The Balaban J connectivity index is 0.000000247. The van der Waals surface area contributed by atoms with Gasteiger partial charge >= 0.3 is 11.8 Å². The molecule has 0 spiro atoms. The number of hydrazone groups is 1. The summed E-state index contributed by atoms with van der Waals surface area (Å²) in [4.78, 5) is 50.2. The minimum atomic E-state index is -2.04. The maximum atomic E-state index is 14.5. The number of anilines is 1. The first-order valence-electron chi connectivity index (χ1n) is 34.4. The zero-order valence-corrected chi connectivity index (χ0v) is 60.7. The number of carbonyl (C=O) groups is 3. The summed E-state index contributed by atoms with van der Waals surface area (Å²) in [6, 6.07) is 33.4. The lowest BCUT2D eigenvalue weighted by atomic mass is 9.70. The van der Waals surface area contributed by atoms with Gasteiger partial charge in [0, 0.05) is 121 Å². The first-order chi connectivity index (χ1) is 47.7. The van der Waals surface area contributed by atoms with E-state index in [0.717, 1.165) is 55.9 Å². The largest absolute Gasteiger partial charge is 0.507 e. The van der Waals surface area contributed by atoms with Crippen LogP contribution in [0.2, 0.25) is 0 Å². The first-order valence-corrected chi connectivity index (χ1v) is 35.2. The molecule has 11 atom stereocenters. The quantitative estimate of drug-likeness (QED) is 0.0245. The number of ether oxygens (including phenoxy) is 5. The molecule has 7 N–H and O–H groups in total. The normalized spacial score (nSPS) is 25.6. The summed E-state index contributed by atoms with van der Waals surface area (Å²) in [5, 5.41) is 83.7. The summed E-state index contributed by atoms with van der Waals surface area (Å²) in [7, 11) is 7.17. The van der Waals surface area contributed by atoms with E-state index in [1.165, 1.54) is 85.1 Å². The van der Waals surface area contributed by atoms with Crippen LogP contribution in [0.15, 0.2) is 143 Å². The number of fused-ring (bicyclic) bond motifs is 16. The molecule has 0 unspecified atom stereocenters. The van der Waals surface area contributed by atoms with Gasteiger partial charge in [-0.3, -0.25) is 24.3 Å². The van der Waals surface area contributed by atoms with Crippen LogP contribution in [0.3, 0.4) is 0 Å². The van der Waals surface area contributed by atoms with Crippen LogP contribution < -0.4 is 14.8 Å². The minimum absolute atomic E-state index is 0.0631. The Morgan fingerprint density at radius 1 is 0.850 bits per heavy atom. The van der Waals surface area contributed by atoms with E-state index in [1.807, 2.05) is 67.6 Å². The lowest BCUT2D eigenvalue weighted by Crippen LogP contribution is -2.47. The van der Waals surface area contributed by atoms with E-state index in [0.29, 0.717) is 38.0 Å². The molecule has 5 heterocycles. The predicted molar refractivity (Wildman–Crippen MR) is 392 cm³/mol. The minimum Gasteiger partial charge on any atom is -0.507 e. The number of hydrogen-bond donors (Lipinski definition) is 7. The third-order valence-electron chi connectivity index (χ3n) is 20.6. The van der Waals surface area contributed by atoms with Crippen LogP contribution in [0.25, 0.3) is 32.4 Å². The van der Waals surface area contributed by atoms with E-state index in [2.05, 4.69) is 84.7 Å². The molecule has 1 aromatic heterocycles. The Bertz CT molecular complexity index is 4260. The molecule has 5 aliphatic rings. The molecule has 6 aromatic carbocycles. The molecular weight excluding hydrogens is 1340 g/mol. The van der Waals surface area contributed by atoms with Gasteiger partial charge in [-0.15, -0.1) is 0 Å². The number of carbonyl (C=O) groups excluding carboxylic acids is 3. The van der Waals surface area contributed by atoms with Crippen molar-refractivity contribution in [3.05, 3.63) is 171 Å². The number of benzene rings is 6. The van der Waals surface area contributed by atoms with Gasteiger partial charge in [-0.25, -0.2) is 4.98 Å². The average Bonchev–Trinajstić information content (AvgIpc) is 1.46. The lowest BCUT2D eigenvalue weighted by molar-refractivity contribution is -0.160. The predicted octanol–water partition coefficient (Wildman–Crippen LogP) is 12.8. The number of aromatic hydroxyl groups is 3. The molecule has 1 saturated heterocycles. The number of phenolic OH excluding ortho intramolecular Hbond substituents is 3. The molecule has 532 valence electrons. The number of pyridine rings is 1. The van der Waals surface area contributed by atoms with Gasteiger partial charge in [0.1, 0.15) is 29.0 Å². The monoisotopic (exact) mass is 1430 g/mol. The van der Waals surface area contributed by atoms with Crippen molar-refractivity contribution >= 4 is 77.9 Å². The summed E-state index contributed by atoms with van der Waals surface area (Å²) >= 11 is 3.60. The molecule has 1 aliphatic carbocycles. The maximum Gasteiger partial charge on any atom is 0.312 e. The summed E-state index contributed by atoms with van der Waals surface area (Å²) in [6.45, 7) is 16.1. The number of allylic oxidation sites excluding steroid dienone is 2. The van der Waals surface area contributed by atoms with Crippen molar-refractivity contribution < 1.29 is 68.7 Å². The van der Waals surface area contributed by atoms with Crippen LogP contribution in [0.5, 0.6) is 28.9 Å². The number of ketones is 1. The summed E-state index contributed by atoms with van der Waals surface area (Å²) in [5.74, 6) is -8.18. The Morgan fingerprint density at radius 2 is 1.54 bits per heavy atom. The second kappa shape index (κ2) is 31.6. The van der Waals surface area contributed by atoms with Crippen molar-refractivity contribution in [2.75, 3.05) is 66.4 Å². The van der Waals surface area contributed by atoms with E-state index < -0.39 is 100 Å². The molecule has 0 radical (unpaired) electrons. The number of methoxy groups -OCH3 is 2. The SMILES string of the molecule is CO[C@H]1/C=C/O[C@@]2(C)Oc3c(C)c(O)c4c(O)c(c(/C=N/N5CCN(C6CCCC6)CC5)c(O)c4c3C2=O)NC(=O)/C(C)=C\C=C\[C@H](C)[C@H](O)[C@@H](C)[C@@H](O)[C@@H](C)[C@H](OC(C)=O)[C@@H]1C.COc1nc2ccc(Br)cc2cc1[C@@H](c1ccccc1)[C@@](O)(CCN(C)C)c1cccc2ccccc12. The van der Waals surface area contributed by atoms with Crippen molar-refractivity contribution in [3.8, 4) is 28.9 Å². The number of aliphatic hydroxyl groups excluding tert-OH is 2. The zero-order chi connectivity index (χ0) is 72.1. The Hall–Kier alpha value is -8.41. The molecule has 1 amide bonds. The highest BCUT2D eigenvalue weighted by Crippen LogP contribution is 2.56. The molecule has 100 heavy (non-hydrogen) atoms. The van der Waals surface area contributed by atoms with Crippen molar-refractivity contribution in [3.63, 3.8) is 0 Å². The molecule has 7 aromatic rings. The fourth-order valence-corrected chi connectivity index (χ4v) is 15.2. The van der Waals surface area contributed by atoms with E-state index in [-0.39, 0.29) is 44.5 Å². The molecule has 5 bridgehead atoms. The standard InChI is InChI=1S/C47H64N4O12.C32H31BrN2O2/c1-24-13-12-14-25(2)46(59)49-37-32(23-48-51-20-18-50(19-21-51)31-15-10-11-16-31)41(56)34-35(42(37)57)40(55)29(6)44-36(34)45(58)47(8,63-44)61-22-17-33(60-9)26(3)43(62-30(7)52)28(5)39(54)27(4)38(24)53;1-35(2)19-18-32(36,28-15-9-13-22-10-7-8-14-26(22)28)30(23-11-5-4-6-12-23)27-21-24-20-25(33)16-17-29(24)34-31(27)37-3/h12-14,17,22-24,26-28,31,33,38-39,43,53-57H,10-11,15-16,18-21H2,1-9H3,(H,49,59);4-17,20-21,30,36H,18-19H2,1-3H3/b13-12+,22-17+,25-14-,48-23+;/t24-,26+,27+,28+,33-,38-,39+,43+,47-;30-,32-/m01/s1. The third kappa shape index (κ3) is 15.4. The number of Topliss-reactive ketones (excluding diaryl/α,β-unsaturated/α-hetero) is 1. The highest BCUT2D eigenvalue weighted by atomic mass is 79.9. The van der Waals surface area contributed by atoms with Crippen LogP contribution in [0, 0.1) is 30.6 Å². The summed E-state index contributed by atoms with van der Waals surface area (Å²) in [6.07, 6.45) is 10.3. The Labute approximate surface area is 593 Å². The van der Waals surface area contributed by atoms with Crippen molar-refractivity contribution in [1.29, 1.82) is 0 Å². The highest BCUT2D eigenvalue weighted by Gasteiger charge is 2.50. The van der Waals surface area contributed by atoms with Gasteiger partial charge in [-0.1, -0.05) is 147 Å². The second-order valence-corrected chi connectivity index (χ2v) is 28.5. The fourth-order valence-electron chi connectivity index (χ4n) is 14.8. The van der Waals surface area contributed by atoms with Gasteiger partial charge < -0.3 is 64.5 Å². The molecule has 12 rings (SSSR count). The van der Waals surface area contributed by atoms with E-state index in [4.69, 9.17) is 28.7 Å². The molecule has 21 heteroatoms. The number of aromatic nitrogens is 1. The van der Waals surface area contributed by atoms with Gasteiger partial charge in [-0.2, -0.15) is 5.10 Å². The number of esters is 1. The van der Waals surface area contributed by atoms with E-state index in [9.17, 15) is 45.0 Å². The smallest absolute Gasteiger partial charge is 0.312 e. The molecule has 1 saturated carbocycles. The Morgan fingerprint density at radius 3 is 2.22 bits per heavy atom. The number of nitrogens with zero attached hydrogens (tertiary/aromatic N) is 5. The van der Waals surface area contributed by atoms with Crippen LogP contribution in [-0.2, 0) is 29.4 Å². The number of rotatable bonds is 13. The average molecular weight is 1430 g/mol. The van der Waals surface area contributed by atoms with Crippen LogP contribution >= 0.6 is 15.9 Å². The van der Waals surface area contributed by atoms with Gasteiger partial charge in [0.05, 0.1) is 65.6 Å². The summed E-state index contributed by atoms with van der Waals surface area (Å²) in [5.41, 5.74) is 2.06. The van der Waals surface area contributed by atoms with Gasteiger partial charge in [0.15, 0.2) is 5.75 Å². The van der Waals surface area contributed by atoms with Crippen molar-refractivity contribution in [2.24, 2.45) is 28.8 Å². The molecule has 20 nitrogen and oxygen atoms in total. The van der Waals surface area contributed by atoms with Gasteiger partial charge in [0.25, 0.3) is 11.7 Å². The number of piperazine rings is 1. The first kappa shape index (κ1) is 74.3. The van der Waals surface area contributed by atoms with Crippen LogP contribution in [0.1, 0.15) is 125 Å². The lowest BCUT2D eigenvalue weighted by Gasteiger charge is -2.39. The summed E-state index contributed by atoms with van der Waals surface area (Å²) < 4.78 is 30.6. The van der Waals surface area contributed by atoms with Crippen molar-refractivity contribution in [2.45, 2.75) is 135 Å². The third-order valence-corrected chi connectivity index (χ3v) is 21.1. The van der Waals surface area contributed by atoms with E-state index in [1.54, 1.807) is 47.0 Å². The number of aliphatic hydroxyl groups is 3. The van der Waals surface area contributed by atoms with E-state index >= 15 is 0 Å². The number of phenols is 3. The van der Waals surface area contributed by atoms with Gasteiger partial charge in [-0.05, 0) is 99.4 Å². The van der Waals surface area contributed by atoms with Crippen LogP contribution in [-0.4, -0.2) is 172 Å². The second-order valence-electron chi connectivity index (χ2n) is 27.6. The topological polar surface area (TPSA) is 266 Å². The number of hydrogen-bond acceptors (Lipinski definition) is 19. The molecule has 2 fully saturated rings. The van der Waals surface area contributed by atoms with Crippen molar-refractivity contribution in [1.82, 2.24) is 19.8 Å².